The summed E-state index contributed by atoms with van der Waals surface area (Å²) in [5.74, 6) is -0.458. The molecule has 2 amide bonds. The summed E-state index contributed by atoms with van der Waals surface area (Å²) in [6.45, 7) is 1.57. The van der Waals surface area contributed by atoms with Gasteiger partial charge in [0.05, 0.1) is 45.1 Å². The molecule has 1 fully saturated rings. The Kier molecular flexibility index (Phi) is 14.4. The number of amides is 2. The number of carbonyl (C=O) groups excluding carboxylic acids is 2. The molecular formula is C21H37N5O12P-. The molecule has 0 aromatic carbocycles. The number of phosphoric acid groups is 1. The van der Waals surface area contributed by atoms with Gasteiger partial charge in [0.15, 0.2) is 6.29 Å². The summed E-state index contributed by atoms with van der Waals surface area (Å²) < 4.78 is 38.0. The van der Waals surface area contributed by atoms with Crippen LogP contribution in [0.1, 0.15) is 25.5 Å². The van der Waals surface area contributed by atoms with Crippen molar-refractivity contribution in [3.63, 3.8) is 0 Å². The van der Waals surface area contributed by atoms with Crippen LogP contribution in [0, 0.1) is 0 Å². The SMILES string of the molecule is CCC(=O)NCCNC(=O)CCOC1OC(CO)C(OCCc2cn(CCOP(=O)([O-])OC)nn2)C(O)C1O. The maximum Gasteiger partial charge on any atom is 0.267 e. The Balaban J connectivity index is 1.72. The fourth-order valence-electron chi connectivity index (χ4n) is 3.44. The normalized spacial score (nSPS) is 24.7. The standard InChI is InChI=1S/C21H38N5O12P/c1-3-16(28)22-6-7-23-17(29)5-10-36-21-19(31)18(30)20(15(13-27)38-21)35-9-4-14-12-26(25-24-14)8-11-37-39(32,33)34-2/h12,15,18-21,27,30-31H,3-11,13H2,1-2H3,(H,22,28)(H,23,29)(H,32,33)/p-1. The molecule has 1 saturated heterocycles. The molecule has 0 spiro atoms. The molecule has 0 bridgehead atoms. The molecule has 6 unspecified atom stereocenters. The van der Waals surface area contributed by atoms with Crippen molar-refractivity contribution in [2.45, 2.75) is 63.4 Å². The second-order valence-electron chi connectivity index (χ2n) is 8.40. The summed E-state index contributed by atoms with van der Waals surface area (Å²) in [5, 5.41) is 43.7. The molecule has 0 aliphatic carbocycles. The fraction of sp³-hybridized carbons (Fsp3) is 0.810. The van der Waals surface area contributed by atoms with Crippen LogP contribution in [0.3, 0.4) is 0 Å². The highest BCUT2D eigenvalue weighted by molar-refractivity contribution is 7.45. The number of hydrogen-bond donors (Lipinski definition) is 5. The lowest BCUT2D eigenvalue weighted by molar-refractivity contribution is -0.307. The lowest BCUT2D eigenvalue weighted by Gasteiger charge is -2.41. The second-order valence-corrected chi connectivity index (χ2v) is 9.92. The van der Waals surface area contributed by atoms with Gasteiger partial charge in [-0.1, -0.05) is 12.1 Å². The summed E-state index contributed by atoms with van der Waals surface area (Å²) in [5.41, 5.74) is 0.506. The third-order valence-corrected chi connectivity index (χ3v) is 6.52. The van der Waals surface area contributed by atoms with Crippen LogP contribution in [0.4, 0.5) is 0 Å². The summed E-state index contributed by atoms with van der Waals surface area (Å²) in [7, 11) is -3.34. The number of aromatic nitrogens is 3. The molecule has 224 valence electrons. The highest BCUT2D eigenvalue weighted by Gasteiger charge is 2.45. The van der Waals surface area contributed by atoms with Crippen LogP contribution >= 0.6 is 7.82 Å². The van der Waals surface area contributed by atoms with Crippen LogP contribution in [-0.4, -0.2) is 119 Å². The monoisotopic (exact) mass is 582 g/mol. The van der Waals surface area contributed by atoms with E-state index in [0.29, 0.717) is 18.7 Å². The van der Waals surface area contributed by atoms with Gasteiger partial charge in [-0.3, -0.25) is 14.2 Å². The number of aliphatic hydroxyl groups excluding tert-OH is 3. The van der Waals surface area contributed by atoms with E-state index in [4.69, 9.17) is 14.2 Å². The van der Waals surface area contributed by atoms with Crippen molar-refractivity contribution in [2.75, 3.05) is 46.6 Å². The second kappa shape index (κ2) is 16.9. The Bertz CT molecular complexity index is 935. The number of hydrogen-bond acceptors (Lipinski definition) is 14. The highest BCUT2D eigenvalue weighted by Crippen LogP contribution is 2.36. The van der Waals surface area contributed by atoms with E-state index in [1.54, 1.807) is 13.1 Å². The topological polar surface area (TPSA) is 236 Å². The Morgan fingerprint density at radius 2 is 1.87 bits per heavy atom. The van der Waals surface area contributed by atoms with E-state index in [9.17, 15) is 34.4 Å². The van der Waals surface area contributed by atoms with Crippen LogP contribution in [0.5, 0.6) is 0 Å². The summed E-state index contributed by atoms with van der Waals surface area (Å²) in [6, 6.07) is 0. The number of rotatable bonds is 18. The molecule has 17 nitrogen and oxygen atoms in total. The van der Waals surface area contributed by atoms with Crippen molar-refractivity contribution in [1.82, 2.24) is 25.6 Å². The van der Waals surface area contributed by atoms with Gasteiger partial charge in [-0.25, -0.2) is 4.68 Å². The molecule has 6 atom stereocenters. The molecule has 0 radical (unpaired) electrons. The molecule has 2 heterocycles. The molecule has 1 aromatic rings. The van der Waals surface area contributed by atoms with E-state index in [-0.39, 0.29) is 57.6 Å². The van der Waals surface area contributed by atoms with Gasteiger partial charge in [0.2, 0.25) is 11.8 Å². The quantitative estimate of drug-likeness (QED) is 0.0848. The van der Waals surface area contributed by atoms with E-state index in [1.807, 2.05) is 0 Å². The summed E-state index contributed by atoms with van der Waals surface area (Å²) >= 11 is 0. The van der Waals surface area contributed by atoms with Gasteiger partial charge in [-0.05, 0) is 0 Å². The zero-order valence-electron chi connectivity index (χ0n) is 21.8. The van der Waals surface area contributed by atoms with Crippen LogP contribution in [-0.2, 0) is 50.4 Å². The molecule has 1 aliphatic rings. The third kappa shape index (κ3) is 11.5. The Morgan fingerprint density at radius 1 is 1.15 bits per heavy atom. The third-order valence-electron chi connectivity index (χ3n) is 5.57. The maximum absolute atomic E-state index is 11.9. The fourth-order valence-corrected chi connectivity index (χ4v) is 3.85. The first kappa shape index (κ1) is 33.2. The van der Waals surface area contributed by atoms with Gasteiger partial charge < -0.3 is 54.1 Å². The van der Waals surface area contributed by atoms with Gasteiger partial charge in [0.25, 0.3) is 7.82 Å². The average molecular weight is 583 g/mol. The van der Waals surface area contributed by atoms with Gasteiger partial charge in [-0.15, -0.1) is 5.10 Å². The van der Waals surface area contributed by atoms with Crippen LogP contribution in [0.2, 0.25) is 0 Å². The zero-order valence-corrected chi connectivity index (χ0v) is 22.7. The number of phosphoric ester groups is 1. The van der Waals surface area contributed by atoms with Crippen molar-refractivity contribution in [2.24, 2.45) is 0 Å². The molecule has 39 heavy (non-hydrogen) atoms. The smallest absolute Gasteiger partial charge is 0.267 e. The average Bonchev–Trinajstić information content (AvgIpc) is 3.37. The number of ether oxygens (including phenoxy) is 3. The van der Waals surface area contributed by atoms with Crippen molar-refractivity contribution in [3.8, 4) is 0 Å². The van der Waals surface area contributed by atoms with Gasteiger partial charge in [0.1, 0.15) is 24.4 Å². The zero-order chi connectivity index (χ0) is 28.8. The Morgan fingerprint density at radius 3 is 2.54 bits per heavy atom. The molecule has 5 N–H and O–H groups in total. The number of nitrogens with one attached hydrogen (secondary N) is 2. The van der Waals surface area contributed by atoms with Crippen molar-refractivity contribution >= 4 is 19.6 Å². The summed E-state index contributed by atoms with van der Waals surface area (Å²) in [4.78, 5) is 34.2. The van der Waals surface area contributed by atoms with Crippen molar-refractivity contribution in [3.05, 3.63) is 11.9 Å². The lowest BCUT2D eigenvalue weighted by Crippen LogP contribution is -2.60. The van der Waals surface area contributed by atoms with E-state index >= 15 is 0 Å². The van der Waals surface area contributed by atoms with Crippen molar-refractivity contribution in [1.29, 1.82) is 0 Å². The largest absolute Gasteiger partial charge is 0.756 e. The maximum atomic E-state index is 11.9. The molecular weight excluding hydrogens is 545 g/mol. The van der Waals surface area contributed by atoms with Crippen LogP contribution in [0.25, 0.3) is 0 Å². The molecule has 0 saturated carbocycles. The van der Waals surface area contributed by atoms with E-state index in [0.717, 1.165) is 7.11 Å². The molecule has 1 aromatic heterocycles. The number of carbonyl (C=O) groups is 2. The first-order valence-corrected chi connectivity index (χ1v) is 13.9. The number of aliphatic hydroxyl groups is 3. The van der Waals surface area contributed by atoms with Gasteiger partial charge in [-0.2, -0.15) is 0 Å². The van der Waals surface area contributed by atoms with Crippen LogP contribution in [0.15, 0.2) is 6.20 Å². The lowest BCUT2D eigenvalue weighted by atomic mass is 9.99. The van der Waals surface area contributed by atoms with Crippen molar-refractivity contribution < 1.29 is 57.6 Å². The first-order chi connectivity index (χ1) is 18.6. The molecule has 18 heteroatoms. The Hall–Kier alpha value is -2.05. The molecule has 2 rings (SSSR count). The van der Waals surface area contributed by atoms with Gasteiger partial charge in [0, 0.05) is 39.2 Å². The van der Waals surface area contributed by atoms with Crippen LogP contribution < -0.4 is 15.5 Å². The highest BCUT2D eigenvalue weighted by atomic mass is 31.2. The first-order valence-electron chi connectivity index (χ1n) is 12.4. The van der Waals surface area contributed by atoms with E-state index < -0.39 is 45.1 Å². The minimum Gasteiger partial charge on any atom is -0.756 e. The Labute approximate surface area is 225 Å². The van der Waals surface area contributed by atoms with Gasteiger partial charge >= 0.3 is 0 Å². The van der Waals surface area contributed by atoms with E-state index in [2.05, 4.69) is 30.0 Å². The predicted molar refractivity (Wildman–Crippen MR) is 129 cm³/mol. The predicted octanol–water partition coefficient (Wildman–Crippen LogP) is -3.17. The minimum absolute atomic E-state index is 0.0351. The molecule has 1 aliphatic heterocycles. The number of nitrogens with zero attached hydrogens (tertiary/aromatic N) is 3. The minimum atomic E-state index is -4.33. The summed E-state index contributed by atoms with van der Waals surface area (Å²) in [6.07, 6.45) is -4.22. The van der Waals surface area contributed by atoms with E-state index in [1.165, 1.54) is 4.68 Å².